The van der Waals surface area contributed by atoms with Crippen molar-refractivity contribution in [3.8, 4) is 0 Å². The van der Waals surface area contributed by atoms with E-state index in [1.807, 2.05) is 0 Å². The number of rotatable bonds is 2. The Balaban J connectivity index is 2.43. The molecule has 0 amide bonds. The first-order valence-electron chi connectivity index (χ1n) is 4.61. The first kappa shape index (κ1) is 11.1. The lowest BCUT2D eigenvalue weighted by Gasteiger charge is -2.01. The van der Waals surface area contributed by atoms with Crippen LogP contribution in [-0.4, -0.2) is 10.2 Å². The Labute approximate surface area is 102 Å². The second-order valence-electron chi connectivity index (χ2n) is 3.34. The Kier molecular flexibility index (Phi) is 2.94. The molecule has 0 spiro atoms. The Bertz CT molecular complexity index is 514. The highest BCUT2D eigenvalue weighted by atomic mass is 35.5. The van der Waals surface area contributed by atoms with Gasteiger partial charge in [0.15, 0.2) is 5.78 Å². The third kappa shape index (κ3) is 1.94. The summed E-state index contributed by atoms with van der Waals surface area (Å²) >= 11 is 6.90. The highest BCUT2D eigenvalue weighted by Crippen LogP contribution is 2.24. The smallest absolute Gasteiger partial charge is 0.197 e. The molecule has 1 aromatic carbocycles. The van der Waals surface area contributed by atoms with Crippen molar-refractivity contribution in [3.63, 3.8) is 0 Å². The maximum atomic E-state index is 12.1. The summed E-state index contributed by atoms with van der Waals surface area (Å²) in [6.45, 7) is 1.77. The van der Waals surface area contributed by atoms with Crippen molar-refractivity contribution in [2.24, 2.45) is 0 Å². The molecule has 16 heavy (non-hydrogen) atoms. The number of nitrogens with two attached hydrogens (primary N) is 1. The normalized spacial score (nSPS) is 10.4. The number of halogens is 1. The zero-order valence-corrected chi connectivity index (χ0v) is 10.1. The van der Waals surface area contributed by atoms with Crippen LogP contribution in [0, 0.1) is 6.92 Å². The number of hydrogen-bond acceptors (Lipinski definition) is 4. The van der Waals surface area contributed by atoms with Gasteiger partial charge in [0.2, 0.25) is 0 Å². The lowest BCUT2D eigenvalue weighted by Crippen LogP contribution is -2.04. The summed E-state index contributed by atoms with van der Waals surface area (Å²) in [5.74, 6) is -0.111. The van der Waals surface area contributed by atoms with Crippen LogP contribution in [0.1, 0.15) is 21.6 Å². The van der Waals surface area contributed by atoms with Gasteiger partial charge in [0.05, 0.1) is 11.3 Å². The zero-order valence-electron chi connectivity index (χ0n) is 8.53. The molecule has 0 saturated heterocycles. The average molecular weight is 253 g/mol. The molecule has 2 N–H and O–H groups in total. The van der Waals surface area contributed by atoms with E-state index in [1.165, 1.54) is 0 Å². The number of carbonyl (C=O) groups excluding carboxylic acids is 1. The maximum absolute atomic E-state index is 12.1. The van der Waals surface area contributed by atoms with Gasteiger partial charge in [-0.3, -0.25) is 4.79 Å². The predicted octanol–water partition coefficient (Wildman–Crippen LogP) is 2.92. The van der Waals surface area contributed by atoms with Crippen molar-refractivity contribution in [1.29, 1.82) is 0 Å². The van der Waals surface area contributed by atoms with Crippen LogP contribution in [0.15, 0.2) is 24.3 Å². The van der Waals surface area contributed by atoms with E-state index in [2.05, 4.69) is 4.37 Å². The third-order valence-corrected chi connectivity index (χ3v) is 3.24. The van der Waals surface area contributed by atoms with Crippen LogP contribution >= 0.6 is 23.1 Å². The van der Waals surface area contributed by atoms with E-state index < -0.39 is 0 Å². The Morgan fingerprint density at radius 2 is 2.00 bits per heavy atom. The van der Waals surface area contributed by atoms with Gasteiger partial charge in [0.25, 0.3) is 0 Å². The van der Waals surface area contributed by atoms with Gasteiger partial charge >= 0.3 is 0 Å². The van der Waals surface area contributed by atoms with Crippen molar-refractivity contribution < 1.29 is 4.79 Å². The average Bonchev–Trinajstić information content (AvgIpc) is 2.59. The van der Waals surface area contributed by atoms with Gasteiger partial charge in [-0.15, -0.1) is 0 Å². The van der Waals surface area contributed by atoms with E-state index in [0.717, 1.165) is 11.5 Å². The summed E-state index contributed by atoms with van der Waals surface area (Å²) in [5.41, 5.74) is 7.45. The molecule has 5 heteroatoms. The molecule has 0 bridgehead atoms. The highest BCUT2D eigenvalue weighted by Gasteiger charge is 2.17. The maximum Gasteiger partial charge on any atom is 0.197 e. The zero-order chi connectivity index (χ0) is 11.7. The summed E-state index contributed by atoms with van der Waals surface area (Å²) in [6.07, 6.45) is 0. The van der Waals surface area contributed by atoms with Crippen LogP contribution in [-0.2, 0) is 0 Å². The van der Waals surface area contributed by atoms with Crippen molar-refractivity contribution in [2.75, 3.05) is 5.73 Å². The molecule has 2 aromatic rings. The van der Waals surface area contributed by atoms with E-state index in [9.17, 15) is 4.79 Å². The second-order valence-corrected chi connectivity index (χ2v) is 4.58. The Morgan fingerprint density at radius 1 is 1.38 bits per heavy atom. The highest BCUT2D eigenvalue weighted by molar-refractivity contribution is 7.10. The lowest BCUT2D eigenvalue weighted by molar-refractivity contribution is 0.103. The fourth-order valence-corrected chi connectivity index (χ4v) is 2.19. The minimum absolute atomic E-state index is 0.111. The van der Waals surface area contributed by atoms with Gasteiger partial charge in [0.1, 0.15) is 5.00 Å². The molecule has 0 saturated carbocycles. The van der Waals surface area contributed by atoms with Gasteiger partial charge in [0, 0.05) is 10.6 Å². The van der Waals surface area contributed by atoms with Gasteiger partial charge in [-0.25, -0.2) is 0 Å². The molecule has 0 atom stereocenters. The number of anilines is 1. The fraction of sp³-hybridized carbons (Fsp3) is 0.0909. The standard InChI is InChI=1S/C11H9ClN2OS/c1-6-9(11(13)16-14-6)10(15)7-2-4-8(12)5-3-7/h2-5H,13H2,1H3. The number of aromatic nitrogens is 1. The minimum Gasteiger partial charge on any atom is -0.389 e. The van der Waals surface area contributed by atoms with Crippen molar-refractivity contribution in [3.05, 3.63) is 46.1 Å². The van der Waals surface area contributed by atoms with E-state index >= 15 is 0 Å². The van der Waals surface area contributed by atoms with Crippen molar-refractivity contribution in [2.45, 2.75) is 6.92 Å². The van der Waals surface area contributed by atoms with Gasteiger partial charge < -0.3 is 5.73 Å². The monoisotopic (exact) mass is 252 g/mol. The first-order valence-corrected chi connectivity index (χ1v) is 5.76. The number of aryl methyl sites for hydroxylation is 1. The summed E-state index contributed by atoms with van der Waals surface area (Å²) < 4.78 is 4.05. The van der Waals surface area contributed by atoms with Crippen LogP contribution in [0.4, 0.5) is 5.00 Å². The quantitative estimate of drug-likeness (QED) is 0.836. The van der Waals surface area contributed by atoms with Crippen LogP contribution < -0.4 is 5.73 Å². The number of nitrogens with zero attached hydrogens (tertiary/aromatic N) is 1. The Morgan fingerprint density at radius 3 is 2.50 bits per heavy atom. The molecule has 0 radical (unpaired) electrons. The predicted molar refractivity (Wildman–Crippen MR) is 66.1 cm³/mol. The Hall–Kier alpha value is -1.39. The van der Waals surface area contributed by atoms with Crippen LogP contribution in [0.3, 0.4) is 0 Å². The van der Waals surface area contributed by atoms with Crippen LogP contribution in [0.25, 0.3) is 0 Å². The molecule has 1 aromatic heterocycles. The summed E-state index contributed by atoms with van der Waals surface area (Å²) in [4.78, 5) is 12.1. The molecule has 0 fully saturated rings. The van der Waals surface area contributed by atoms with Gasteiger partial charge in [-0.1, -0.05) is 11.6 Å². The molecular formula is C11H9ClN2OS. The molecule has 0 aliphatic carbocycles. The van der Waals surface area contributed by atoms with E-state index in [1.54, 1.807) is 31.2 Å². The van der Waals surface area contributed by atoms with Gasteiger partial charge in [-0.05, 0) is 42.7 Å². The number of nitrogen functional groups attached to an aromatic ring is 1. The SMILES string of the molecule is Cc1nsc(N)c1C(=O)c1ccc(Cl)cc1. The molecule has 1 heterocycles. The number of carbonyl (C=O) groups is 1. The summed E-state index contributed by atoms with van der Waals surface area (Å²) in [6, 6.07) is 6.72. The second kappa shape index (κ2) is 4.23. The molecule has 82 valence electrons. The fourth-order valence-electron chi connectivity index (χ4n) is 1.41. The molecule has 0 unspecified atom stereocenters. The molecular weight excluding hydrogens is 244 g/mol. The molecule has 2 rings (SSSR count). The summed E-state index contributed by atoms with van der Waals surface area (Å²) in [5, 5.41) is 1.06. The molecule has 3 nitrogen and oxygen atoms in total. The number of hydrogen-bond donors (Lipinski definition) is 1. The largest absolute Gasteiger partial charge is 0.389 e. The van der Waals surface area contributed by atoms with E-state index in [4.69, 9.17) is 17.3 Å². The minimum atomic E-state index is -0.111. The molecule has 0 aliphatic heterocycles. The lowest BCUT2D eigenvalue weighted by atomic mass is 10.0. The van der Waals surface area contributed by atoms with Gasteiger partial charge in [-0.2, -0.15) is 4.37 Å². The topological polar surface area (TPSA) is 56.0 Å². The van der Waals surface area contributed by atoms with Crippen molar-refractivity contribution >= 4 is 33.9 Å². The number of benzene rings is 1. The first-order chi connectivity index (χ1) is 7.59. The summed E-state index contributed by atoms with van der Waals surface area (Å²) in [7, 11) is 0. The number of ketones is 1. The third-order valence-electron chi connectivity index (χ3n) is 2.22. The van der Waals surface area contributed by atoms with Crippen LogP contribution in [0.5, 0.6) is 0 Å². The molecule has 0 aliphatic rings. The van der Waals surface area contributed by atoms with Crippen LogP contribution in [0.2, 0.25) is 5.02 Å². The van der Waals surface area contributed by atoms with Crippen molar-refractivity contribution in [1.82, 2.24) is 4.37 Å². The van der Waals surface area contributed by atoms with E-state index in [0.29, 0.717) is 26.8 Å². The van der Waals surface area contributed by atoms with E-state index in [-0.39, 0.29) is 5.78 Å².